The number of alkyl halides is 1. The molecule has 0 spiro atoms. The van der Waals surface area contributed by atoms with Crippen LogP contribution in [0, 0.1) is 24.2 Å². The van der Waals surface area contributed by atoms with Crippen molar-refractivity contribution in [1.82, 2.24) is 25.4 Å². The zero-order chi connectivity index (χ0) is 34.2. The van der Waals surface area contributed by atoms with Crippen molar-refractivity contribution < 1.29 is 29.0 Å². The first kappa shape index (κ1) is 38.1. The number of hydrogen-bond donors (Lipinski definition) is 4. The number of nitrogens with zero attached hydrogens (tertiary/aromatic N) is 3. The zero-order valence-corrected chi connectivity index (χ0v) is 28.3. The number of likely N-dealkylation sites (N-methyl/N-ethyl adjacent to an activating group) is 2. The van der Waals surface area contributed by atoms with E-state index >= 15 is 0 Å². The van der Waals surface area contributed by atoms with Gasteiger partial charge in [0.2, 0.25) is 17.7 Å². The van der Waals surface area contributed by atoms with Gasteiger partial charge in [0.15, 0.2) is 0 Å². The molecule has 1 heterocycles. The van der Waals surface area contributed by atoms with Crippen LogP contribution in [0.2, 0.25) is 0 Å². The number of aliphatic hydroxyl groups excluding tert-OH is 2. The van der Waals surface area contributed by atoms with E-state index in [1.165, 1.54) is 21.1 Å². The lowest BCUT2D eigenvalue weighted by atomic mass is 9.82. The molecule has 47 heavy (non-hydrogen) atoms. The normalized spacial score (nSPS) is 16.8. The second-order valence-electron chi connectivity index (χ2n) is 12.7. The van der Waals surface area contributed by atoms with E-state index in [2.05, 4.69) is 21.5 Å². The van der Waals surface area contributed by atoms with E-state index < -0.39 is 48.8 Å². The lowest BCUT2D eigenvalue weighted by Gasteiger charge is -2.33. The van der Waals surface area contributed by atoms with E-state index in [0.29, 0.717) is 25.2 Å². The van der Waals surface area contributed by atoms with Gasteiger partial charge >= 0.3 is 0 Å². The summed E-state index contributed by atoms with van der Waals surface area (Å²) in [6.07, 6.45) is 8.78. The van der Waals surface area contributed by atoms with Crippen LogP contribution in [0.25, 0.3) is 0 Å². The summed E-state index contributed by atoms with van der Waals surface area (Å²) in [5.74, 6) is 0.596. The van der Waals surface area contributed by atoms with Gasteiger partial charge in [0.25, 0.3) is 0 Å². The summed E-state index contributed by atoms with van der Waals surface area (Å²) in [6, 6.07) is 7.50. The summed E-state index contributed by atoms with van der Waals surface area (Å²) >= 11 is 1.37. The van der Waals surface area contributed by atoms with Crippen molar-refractivity contribution in [2.24, 2.45) is 11.8 Å². The second kappa shape index (κ2) is 20.1. The lowest BCUT2D eigenvalue weighted by Crippen LogP contribution is -2.56. The average molecular weight is 672 g/mol. The van der Waals surface area contributed by atoms with Crippen molar-refractivity contribution in [3.8, 4) is 12.3 Å². The van der Waals surface area contributed by atoms with Gasteiger partial charge in [-0.2, -0.15) is 0 Å². The van der Waals surface area contributed by atoms with Crippen LogP contribution in [0.15, 0.2) is 41.2 Å². The number of aliphatic hydroxyl groups is 2. The zero-order valence-electron chi connectivity index (χ0n) is 27.5. The Labute approximate surface area is 282 Å². The molecule has 258 valence electrons. The predicted molar refractivity (Wildman–Crippen MR) is 181 cm³/mol. The van der Waals surface area contributed by atoms with Gasteiger partial charge in [-0.15, -0.1) is 23.7 Å². The molecule has 12 heteroatoms. The standard InChI is InChI=1S/C35H50FN5O5S/c1-4-11-31(42)33(44)29(19-26-14-9-6-10-15-26)38-35(46)30(21-28-22-47-24-37-28)39-34(45)27(18-25-12-7-5-8-13-25)20-32(43)41(3)17-16-40(2)23-36/h1,5,7-8,12-13,22,24,26-27,29-31,33,42,44H,6,9-11,14-21,23H2,2-3H3,(H,38,46)(H,39,45)/t27?,29?,30-,31?,33?/m0/s1. The number of aromatic nitrogens is 1. The number of hydrogen-bond acceptors (Lipinski definition) is 8. The molecule has 1 aromatic heterocycles. The summed E-state index contributed by atoms with van der Waals surface area (Å²) in [4.78, 5) is 48.4. The molecule has 1 aliphatic rings. The Hall–Kier alpha value is -3.37. The number of carbonyl (C=O) groups excluding carboxylic acids is 3. The Morgan fingerprint density at radius 1 is 1.06 bits per heavy atom. The number of amides is 3. The summed E-state index contributed by atoms with van der Waals surface area (Å²) < 4.78 is 12.9. The highest BCUT2D eigenvalue weighted by Crippen LogP contribution is 2.29. The maximum atomic E-state index is 13.9. The Morgan fingerprint density at radius 3 is 2.43 bits per heavy atom. The molecule has 1 saturated carbocycles. The highest BCUT2D eigenvalue weighted by molar-refractivity contribution is 7.07. The van der Waals surface area contributed by atoms with E-state index in [1.807, 2.05) is 30.3 Å². The molecule has 4 unspecified atom stereocenters. The number of halogens is 1. The molecule has 3 amide bonds. The SMILES string of the molecule is C#CCC(O)C(O)C(CC1CCCCC1)NC(=O)[C@H](Cc1cscn1)NC(=O)C(CC(=O)N(C)CCN(C)CF)Cc1ccccc1. The van der Waals surface area contributed by atoms with Crippen LogP contribution in [-0.4, -0.2) is 101 Å². The molecule has 5 atom stereocenters. The Morgan fingerprint density at radius 2 is 1.79 bits per heavy atom. The van der Waals surface area contributed by atoms with Crippen LogP contribution < -0.4 is 10.6 Å². The van der Waals surface area contributed by atoms with E-state index in [4.69, 9.17) is 6.42 Å². The monoisotopic (exact) mass is 671 g/mol. The molecule has 0 aliphatic heterocycles. The molecule has 0 saturated heterocycles. The average Bonchev–Trinajstić information content (AvgIpc) is 3.59. The van der Waals surface area contributed by atoms with Crippen LogP contribution in [-0.2, 0) is 27.2 Å². The van der Waals surface area contributed by atoms with Gasteiger partial charge in [-0.25, -0.2) is 9.37 Å². The van der Waals surface area contributed by atoms with Gasteiger partial charge in [0, 0.05) is 44.8 Å². The molecule has 0 bridgehead atoms. The van der Waals surface area contributed by atoms with Crippen LogP contribution in [0.3, 0.4) is 0 Å². The van der Waals surface area contributed by atoms with Crippen molar-refractivity contribution in [1.29, 1.82) is 0 Å². The maximum Gasteiger partial charge on any atom is 0.243 e. The van der Waals surface area contributed by atoms with E-state index in [0.717, 1.165) is 37.7 Å². The van der Waals surface area contributed by atoms with E-state index in [1.54, 1.807) is 25.0 Å². The molecule has 3 rings (SSSR count). The summed E-state index contributed by atoms with van der Waals surface area (Å²) in [6.45, 7) is 0.00301. The topological polar surface area (TPSA) is 135 Å². The molecule has 0 radical (unpaired) electrons. The minimum absolute atomic E-state index is 0.0646. The predicted octanol–water partition coefficient (Wildman–Crippen LogP) is 2.94. The third kappa shape index (κ3) is 13.0. The second-order valence-corrected chi connectivity index (χ2v) is 13.4. The maximum absolute atomic E-state index is 13.9. The first-order valence-corrected chi connectivity index (χ1v) is 17.3. The number of benzene rings is 1. The smallest absolute Gasteiger partial charge is 0.243 e. The van der Waals surface area contributed by atoms with Crippen molar-refractivity contribution in [3.63, 3.8) is 0 Å². The third-order valence-electron chi connectivity index (χ3n) is 8.87. The number of terminal acetylenes is 1. The third-order valence-corrected chi connectivity index (χ3v) is 9.50. The van der Waals surface area contributed by atoms with Gasteiger partial charge in [0.05, 0.1) is 29.3 Å². The number of nitrogens with one attached hydrogen (secondary N) is 2. The van der Waals surface area contributed by atoms with Crippen molar-refractivity contribution >= 4 is 29.1 Å². The van der Waals surface area contributed by atoms with Crippen LogP contribution in [0.1, 0.15) is 62.6 Å². The molecular weight excluding hydrogens is 621 g/mol. The Bertz CT molecular complexity index is 1270. The Kier molecular flexibility index (Phi) is 16.3. The first-order chi connectivity index (χ1) is 22.6. The summed E-state index contributed by atoms with van der Waals surface area (Å²) in [7, 11) is 3.24. The van der Waals surface area contributed by atoms with Crippen LogP contribution >= 0.6 is 11.3 Å². The lowest BCUT2D eigenvalue weighted by molar-refractivity contribution is -0.137. The van der Waals surface area contributed by atoms with Crippen molar-refractivity contribution in [2.75, 3.05) is 34.0 Å². The van der Waals surface area contributed by atoms with Crippen LogP contribution in [0.5, 0.6) is 0 Å². The minimum atomic E-state index is -1.29. The number of thiazole rings is 1. The molecule has 2 aromatic rings. The van der Waals surface area contributed by atoms with Gasteiger partial charge in [0.1, 0.15) is 18.9 Å². The fraction of sp³-hybridized carbons (Fsp3) is 0.600. The highest BCUT2D eigenvalue weighted by atomic mass is 32.1. The summed E-state index contributed by atoms with van der Waals surface area (Å²) in [5.41, 5.74) is 3.11. The molecule has 10 nitrogen and oxygen atoms in total. The van der Waals surface area contributed by atoms with Gasteiger partial charge < -0.3 is 25.7 Å². The molecule has 1 aliphatic carbocycles. The summed E-state index contributed by atoms with van der Waals surface area (Å²) in [5, 5.41) is 29.3. The van der Waals surface area contributed by atoms with E-state index in [9.17, 15) is 29.0 Å². The highest BCUT2D eigenvalue weighted by Gasteiger charge is 2.34. The molecular formula is C35H50FN5O5S. The first-order valence-electron chi connectivity index (χ1n) is 16.4. The van der Waals surface area contributed by atoms with E-state index in [-0.39, 0.29) is 37.5 Å². The largest absolute Gasteiger partial charge is 0.389 e. The number of carbonyl (C=O) groups is 3. The van der Waals surface area contributed by atoms with Gasteiger partial charge in [-0.3, -0.25) is 19.3 Å². The van der Waals surface area contributed by atoms with Crippen molar-refractivity contribution in [3.05, 3.63) is 52.5 Å². The Balaban J connectivity index is 1.82. The van der Waals surface area contributed by atoms with Gasteiger partial charge in [-0.1, -0.05) is 62.4 Å². The van der Waals surface area contributed by atoms with Crippen molar-refractivity contribution in [2.45, 2.75) is 88.5 Å². The quantitative estimate of drug-likeness (QED) is 0.133. The van der Waals surface area contributed by atoms with Gasteiger partial charge in [-0.05, 0) is 31.4 Å². The van der Waals surface area contributed by atoms with Crippen LogP contribution in [0.4, 0.5) is 4.39 Å². The molecule has 1 aromatic carbocycles. The fourth-order valence-corrected chi connectivity index (χ4v) is 6.50. The molecule has 4 N–H and O–H groups in total. The fourth-order valence-electron chi connectivity index (χ4n) is 5.93. The minimum Gasteiger partial charge on any atom is -0.389 e. The molecule has 1 fully saturated rings. The number of rotatable bonds is 19.